The van der Waals surface area contributed by atoms with Crippen molar-refractivity contribution in [3.63, 3.8) is 0 Å². The molecule has 0 atom stereocenters. The molecule has 0 aliphatic rings. The SMILES string of the molecule is Cn1cnn(CCc2cccnc2)c1=O. The molecule has 78 valence electrons. The summed E-state index contributed by atoms with van der Waals surface area (Å²) >= 11 is 0. The van der Waals surface area contributed by atoms with Crippen molar-refractivity contribution in [2.75, 3.05) is 0 Å². The summed E-state index contributed by atoms with van der Waals surface area (Å²) in [7, 11) is 1.69. The predicted octanol–water partition coefficient (Wildman–Crippen LogP) is 0.219. The molecule has 0 fully saturated rings. The van der Waals surface area contributed by atoms with Crippen LogP contribution in [0.4, 0.5) is 0 Å². The van der Waals surface area contributed by atoms with Crippen molar-refractivity contribution in [2.24, 2.45) is 7.05 Å². The Morgan fingerprint density at radius 2 is 2.33 bits per heavy atom. The van der Waals surface area contributed by atoms with Crippen LogP contribution < -0.4 is 5.69 Å². The number of aromatic nitrogens is 4. The van der Waals surface area contributed by atoms with Crippen LogP contribution >= 0.6 is 0 Å². The van der Waals surface area contributed by atoms with Crippen LogP contribution in [0, 0.1) is 0 Å². The van der Waals surface area contributed by atoms with Gasteiger partial charge in [0.15, 0.2) is 0 Å². The standard InChI is InChI=1S/C10H12N4O/c1-13-8-12-14(10(13)15)6-4-9-3-2-5-11-7-9/h2-3,5,7-8H,4,6H2,1H3. The highest BCUT2D eigenvalue weighted by atomic mass is 16.2. The second-order valence-corrected chi connectivity index (χ2v) is 3.36. The van der Waals surface area contributed by atoms with E-state index in [4.69, 9.17) is 0 Å². The largest absolute Gasteiger partial charge is 0.345 e. The van der Waals surface area contributed by atoms with E-state index < -0.39 is 0 Å². The van der Waals surface area contributed by atoms with Gasteiger partial charge < -0.3 is 0 Å². The van der Waals surface area contributed by atoms with E-state index in [1.54, 1.807) is 19.4 Å². The molecule has 5 nitrogen and oxygen atoms in total. The summed E-state index contributed by atoms with van der Waals surface area (Å²) in [5.74, 6) is 0. The van der Waals surface area contributed by atoms with Gasteiger partial charge >= 0.3 is 5.69 Å². The minimum atomic E-state index is -0.0844. The average Bonchev–Trinajstić information content (AvgIpc) is 2.59. The highest BCUT2D eigenvalue weighted by molar-refractivity contribution is 5.08. The van der Waals surface area contributed by atoms with Gasteiger partial charge in [0.05, 0.1) is 6.54 Å². The Kier molecular flexibility index (Phi) is 2.62. The highest BCUT2D eigenvalue weighted by Crippen LogP contribution is 1.97. The fourth-order valence-electron chi connectivity index (χ4n) is 1.36. The first-order valence-corrected chi connectivity index (χ1v) is 4.75. The molecule has 0 bridgehead atoms. The lowest BCUT2D eigenvalue weighted by Crippen LogP contribution is -2.23. The van der Waals surface area contributed by atoms with Gasteiger partial charge in [-0.2, -0.15) is 5.10 Å². The molecule has 0 aliphatic heterocycles. The number of hydrogen-bond donors (Lipinski definition) is 0. The zero-order valence-corrected chi connectivity index (χ0v) is 8.50. The van der Waals surface area contributed by atoms with Crippen molar-refractivity contribution in [3.05, 3.63) is 46.9 Å². The Morgan fingerprint density at radius 3 is 2.93 bits per heavy atom. The van der Waals surface area contributed by atoms with Crippen LogP contribution in [0.5, 0.6) is 0 Å². The molecule has 15 heavy (non-hydrogen) atoms. The van der Waals surface area contributed by atoms with Crippen LogP contribution in [-0.4, -0.2) is 19.3 Å². The first-order chi connectivity index (χ1) is 7.27. The van der Waals surface area contributed by atoms with E-state index >= 15 is 0 Å². The van der Waals surface area contributed by atoms with Crippen molar-refractivity contribution >= 4 is 0 Å². The quantitative estimate of drug-likeness (QED) is 0.718. The molecule has 0 saturated heterocycles. The van der Waals surface area contributed by atoms with Crippen LogP contribution in [0.2, 0.25) is 0 Å². The fourth-order valence-corrected chi connectivity index (χ4v) is 1.36. The molecule has 2 aromatic heterocycles. The van der Waals surface area contributed by atoms with Gasteiger partial charge in [0, 0.05) is 19.4 Å². The molecule has 0 amide bonds. The third-order valence-corrected chi connectivity index (χ3v) is 2.22. The predicted molar refractivity (Wildman–Crippen MR) is 55.4 cm³/mol. The Balaban J connectivity index is 2.06. The molecular formula is C10H12N4O. The van der Waals surface area contributed by atoms with E-state index in [2.05, 4.69) is 10.1 Å². The molecule has 0 radical (unpaired) electrons. The highest BCUT2D eigenvalue weighted by Gasteiger charge is 2.01. The second-order valence-electron chi connectivity index (χ2n) is 3.36. The minimum Gasteiger partial charge on any atom is -0.285 e. The summed E-state index contributed by atoms with van der Waals surface area (Å²) in [6.07, 6.45) is 5.82. The minimum absolute atomic E-state index is 0.0844. The molecule has 2 heterocycles. The number of hydrogen-bond acceptors (Lipinski definition) is 3. The Labute approximate surface area is 87.0 Å². The molecule has 0 saturated carbocycles. The maximum atomic E-state index is 11.4. The first-order valence-electron chi connectivity index (χ1n) is 4.75. The smallest absolute Gasteiger partial charge is 0.285 e. The van der Waals surface area contributed by atoms with Crippen molar-refractivity contribution in [1.29, 1.82) is 0 Å². The summed E-state index contributed by atoms with van der Waals surface area (Å²) < 4.78 is 2.91. The van der Waals surface area contributed by atoms with Crippen LogP contribution in [0.15, 0.2) is 35.6 Å². The van der Waals surface area contributed by atoms with Crippen LogP contribution in [-0.2, 0) is 20.0 Å². The van der Waals surface area contributed by atoms with Crippen LogP contribution in [0.1, 0.15) is 5.56 Å². The van der Waals surface area contributed by atoms with Gasteiger partial charge in [-0.1, -0.05) is 6.07 Å². The molecule has 0 aliphatic carbocycles. The van der Waals surface area contributed by atoms with E-state index in [1.807, 2.05) is 12.1 Å². The van der Waals surface area contributed by atoms with E-state index in [0.29, 0.717) is 6.54 Å². The molecule has 0 spiro atoms. The van der Waals surface area contributed by atoms with Crippen molar-refractivity contribution in [1.82, 2.24) is 19.3 Å². The zero-order valence-electron chi connectivity index (χ0n) is 8.50. The maximum absolute atomic E-state index is 11.4. The summed E-state index contributed by atoms with van der Waals surface area (Å²) in [5.41, 5.74) is 1.02. The number of rotatable bonds is 3. The number of pyridine rings is 1. The third-order valence-electron chi connectivity index (χ3n) is 2.22. The van der Waals surface area contributed by atoms with Gasteiger partial charge in [-0.25, -0.2) is 9.48 Å². The summed E-state index contributed by atoms with van der Waals surface area (Å²) in [6.45, 7) is 0.589. The Morgan fingerprint density at radius 1 is 1.47 bits per heavy atom. The van der Waals surface area contributed by atoms with Crippen LogP contribution in [0.3, 0.4) is 0 Å². The Hall–Kier alpha value is -1.91. The van der Waals surface area contributed by atoms with E-state index in [1.165, 1.54) is 15.6 Å². The summed E-state index contributed by atoms with van der Waals surface area (Å²) in [5, 5.41) is 3.98. The van der Waals surface area contributed by atoms with Crippen molar-refractivity contribution in [2.45, 2.75) is 13.0 Å². The van der Waals surface area contributed by atoms with E-state index in [-0.39, 0.29) is 5.69 Å². The number of nitrogens with zero attached hydrogens (tertiary/aromatic N) is 4. The summed E-state index contributed by atoms with van der Waals surface area (Å²) in [4.78, 5) is 15.4. The number of aryl methyl sites for hydroxylation is 3. The molecule has 2 rings (SSSR count). The monoisotopic (exact) mass is 204 g/mol. The van der Waals surface area contributed by atoms with E-state index in [9.17, 15) is 4.79 Å². The lowest BCUT2D eigenvalue weighted by Gasteiger charge is -1.99. The van der Waals surface area contributed by atoms with Gasteiger partial charge in [-0.15, -0.1) is 0 Å². The molecule has 0 N–H and O–H groups in total. The van der Waals surface area contributed by atoms with Gasteiger partial charge in [0.2, 0.25) is 0 Å². The Bertz CT molecular complexity index is 486. The normalized spacial score (nSPS) is 10.5. The topological polar surface area (TPSA) is 52.7 Å². The molecular weight excluding hydrogens is 192 g/mol. The maximum Gasteiger partial charge on any atom is 0.345 e. The average molecular weight is 204 g/mol. The molecule has 0 aromatic carbocycles. The second kappa shape index (κ2) is 4.08. The molecule has 5 heteroatoms. The van der Waals surface area contributed by atoms with Gasteiger partial charge in [0.1, 0.15) is 6.33 Å². The molecule has 2 aromatic rings. The van der Waals surface area contributed by atoms with Gasteiger partial charge in [0.25, 0.3) is 0 Å². The third kappa shape index (κ3) is 2.12. The van der Waals surface area contributed by atoms with Crippen LogP contribution in [0.25, 0.3) is 0 Å². The molecule has 0 unspecified atom stereocenters. The summed E-state index contributed by atoms with van der Waals surface area (Å²) in [6, 6.07) is 3.87. The van der Waals surface area contributed by atoms with Crippen molar-refractivity contribution in [3.8, 4) is 0 Å². The first kappa shape index (κ1) is 9.64. The lowest BCUT2D eigenvalue weighted by atomic mass is 10.2. The zero-order chi connectivity index (χ0) is 10.7. The van der Waals surface area contributed by atoms with Gasteiger partial charge in [-0.3, -0.25) is 9.55 Å². The van der Waals surface area contributed by atoms with Crippen molar-refractivity contribution < 1.29 is 0 Å². The fraction of sp³-hybridized carbons (Fsp3) is 0.300. The van der Waals surface area contributed by atoms with Gasteiger partial charge in [-0.05, 0) is 18.1 Å². The van der Waals surface area contributed by atoms with E-state index in [0.717, 1.165) is 12.0 Å². The lowest BCUT2D eigenvalue weighted by molar-refractivity contribution is 0.584.